The van der Waals surface area contributed by atoms with Crippen LogP contribution in [0.3, 0.4) is 0 Å². The molecule has 2 rings (SSSR count). The quantitative estimate of drug-likeness (QED) is 0.647. The summed E-state index contributed by atoms with van der Waals surface area (Å²) < 4.78 is 5.08. The molecule has 21 heavy (non-hydrogen) atoms. The van der Waals surface area contributed by atoms with Crippen LogP contribution in [-0.2, 0) is 0 Å². The molecular formula is C14H19N3O4. The molecular weight excluding hydrogens is 274 g/mol. The lowest BCUT2D eigenvalue weighted by atomic mass is 9.91. The first-order valence-electron chi connectivity index (χ1n) is 6.92. The van der Waals surface area contributed by atoms with Crippen molar-refractivity contribution in [3.63, 3.8) is 0 Å². The van der Waals surface area contributed by atoms with Crippen LogP contribution in [0.2, 0.25) is 0 Å². The van der Waals surface area contributed by atoms with Crippen LogP contribution in [0.1, 0.15) is 36.0 Å². The van der Waals surface area contributed by atoms with E-state index in [2.05, 4.69) is 5.32 Å². The predicted octanol–water partition coefficient (Wildman–Crippen LogP) is 1.60. The molecule has 114 valence electrons. The maximum atomic E-state index is 12.3. The van der Waals surface area contributed by atoms with Crippen LogP contribution in [0.15, 0.2) is 18.2 Å². The van der Waals surface area contributed by atoms with Crippen molar-refractivity contribution in [3.8, 4) is 5.75 Å². The Morgan fingerprint density at radius 1 is 1.43 bits per heavy atom. The number of amides is 1. The van der Waals surface area contributed by atoms with Crippen molar-refractivity contribution >= 4 is 11.6 Å². The normalized spacial score (nSPS) is 21.6. The predicted molar refractivity (Wildman–Crippen MR) is 77.3 cm³/mol. The summed E-state index contributed by atoms with van der Waals surface area (Å²) in [6, 6.07) is 3.83. The van der Waals surface area contributed by atoms with Gasteiger partial charge in [0.05, 0.1) is 23.7 Å². The summed E-state index contributed by atoms with van der Waals surface area (Å²) >= 11 is 0. The van der Waals surface area contributed by atoms with Crippen molar-refractivity contribution in [1.29, 1.82) is 0 Å². The van der Waals surface area contributed by atoms with E-state index in [1.807, 2.05) is 0 Å². The van der Waals surface area contributed by atoms with E-state index in [0.717, 1.165) is 25.7 Å². The molecule has 0 saturated heterocycles. The monoisotopic (exact) mass is 293 g/mol. The number of nitrogens with two attached hydrogens (primary N) is 1. The fourth-order valence-electron chi connectivity index (χ4n) is 2.57. The molecule has 0 heterocycles. The number of ether oxygens (including phenoxy) is 1. The summed E-state index contributed by atoms with van der Waals surface area (Å²) in [5.74, 6) is -0.129. The zero-order chi connectivity index (χ0) is 15.4. The largest absolute Gasteiger partial charge is 0.496 e. The van der Waals surface area contributed by atoms with Gasteiger partial charge in [0.15, 0.2) is 0 Å². The minimum absolute atomic E-state index is 0.0493. The van der Waals surface area contributed by atoms with Gasteiger partial charge in [0.1, 0.15) is 5.75 Å². The lowest BCUT2D eigenvalue weighted by molar-refractivity contribution is -0.384. The average molecular weight is 293 g/mol. The number of carbonyl (C=O) groups excluding carboxylic acids is 1. The number of non-ortho nitro benzene ring substituents is 1. The average Bonchev–Trinajstić information content (AvgIpc) is 2.48. The third-order valence-corrected chi connectivity index (χ3v) is 3.78. The van der Waals surface area contributed by atoms with Gasteiger partial charge in [0.2, 0.25) is 0 Å². The Balaban J connectivity index is 2.16. The SMILES string of the molecule is COc1cc([N+](=O)[O-])ccc1C(=O)NC1CCCCC1N. The van der Waals surface area contributed by atoms with Crippen LogP contribution in [0.4, 0.5) is 5.69 Å². The summed E-state index contributed by atoms with van der Waals surface area (Å²) in [6.45, 7) is 0. The molecule has 0 spiro atoms. The van der Waals surface area contributed by atoms with Gasteiger partial charge in [-0.15, -0.1) is 0 Å². The van der Waals surface area contributed by atoms with Gasteiger partial charge in [-0.3, -0.25) is 14.9 Å². The van der Waals surface area contributed by atoms with E-state index < -0.39 is 4.92 Å². The molecule has 0 bridgehead atoms. The number of benzene rings is 1. The number of hydrogen-bond acceptors (Lipinski definition) is 5. The number of rotatable bonds is 4. The van der Waals surface area contributed by atoms with Crippen molar-refractivity contribution in [3.05, 3.63) is 33.9 Å². The van der Waals surface area contributed by atoms with Gasteiger partial charge in [0, 0.05) is 18.2 Å². The maximum Gasteiger partial charge on any atom is 0.273 e. The molecule has 3 N–H and O–H groups in total. The summed E-state index contributed by atoms with van der Waals surface area (Å²) in [7, 11) is 1.38. The Bertz CT molecular complexity index is 547. The van der Waals surface area contributed by atoms with E-state index in [1.54, 1.807) is 0 Å². The smallest absolute Gasteiger partial charge is 0.273 e. The molecule has 1 amide bonds. The van der Waals surface area contributed by atoms with Crippen LogP contribution >= 0.6 is 0 Å². The molecule has 1 saturated carbocycles. The van der Waals surface area contributed by atoms with Crippen LogP contribution in [0.25, 0.3) is 0 Å². The van der Waals surface area contributed by atoms with Crippen molar-refractivity contribution in [2.45, 2.75) is 37.8 Å². The zero-order valence-corrected chi connectivity index (χ0v) is 11.9. The van der Waals surface area contributed by atoms with Crippen LogP contribution < -0.4 is 15.8 Å². The van der Waals surface area contributed by atoms with Crippen molar-refractivity contribution in [2.75, 3.05) is 7.11 Å². The van der Waals surface area contributed by atoms with Gasteiger partial charge in [0.25, 0.3) is 11.6 Å². The Morgan fingerprint density at radius 2 is 2.14 bits per heavy atom. The standard InChI is InChI=1S/C14H19N3O4/c1-21-13-8-9(17(19)20)6-7-10(13)14(18)16-12-5-3-2-4-11(12)15/h6-8,11-12H,2-5,15H2,1H3,(H,16,18). The first-order valence-corrected chi connectivity index (χ1v) is 6.92. The highest BCUT2D eigenvalue weighted by Gasteiger charge is 2.25. The van der Waals surface area contributed by atoms with Gasteiger partial charge >= 0.3 is 0 Å². The molecule has 0 aliphatic heterocycles. The van der Waals surface area contributed by atoms with Gasteiger partial charge in [-0.05, 0) is 18.9 Å². The number of nitrogens with zero attached hydrogens (tertiary/aromatic N) is 1. The van der Waals surface area contributed by atoms with E-state index in [4.69, 9.17) is 10.5 Å². The second kappa shape index (κ2) is 6.53. The number of nitrogens with one attached hydrogen (secondary N) is 1. The van der Waals surface area contributed by atoms with Crippen LogP contribution in [0, 0.1) is 10.1 Å². The molecule has 1 aliphatic rings. The van der Waals surface area contributed by atoms with Crippen molar-refractivity contribution in [2.24, 2.45) is 5.73 Å². The summed E-state index contributed by atoms with van der Waals surface area (Å²) in [5.41, 5.74) is 6.17. The fourth-order valence-corrected chi connectivity index (χ4v) is 2.57. The Labute approximate surface area is 122 Å². The zero-order valence-electron chi connectivity index (χ0n) is 11.9. The van der Waals surface area contributed by atoms with E-state index in [-0.39, 0.29) is 35.0 Å². The second-order valence-corrected chi connectivity index (χ2v) is 5.17. The van der Waals surface area contributed by atoms with E-state index in [1.165, 1.54) is 25.3 Å². The minimum Gasteiger partial charge on any atom is -0.496 e. The van der Waals surface area contributed by atoms with Gasteiger partial charge in [-0.1, -0.05) is 12.8 Å². The lowest BCUT2D eigenvalue weighted by Crippen LogP contribution is -2.49. The van der Waals surface area contributed by atoms with Crippen molar-refractivity contribution in [1.82, 2.24) is 5.32 Å². The molecule has 1 fully saturated rings. The Kier molecular flexibility index (Phi) is 4.74. The third-order valence-electron chi connectivity index (χ3n) is 3.78. The second-order valence-electron chi connectivity index (χ2n) is 5.17. The molecule has 0 radical (unpaired) electrons. The number of nitro benzene ring substituents is 1. The van der Waals surface area contributed by atoms with E-state index in [0.29, 0.717) is 0 Å². The highest BCUT2D eigenvalue weighted by molar-refractivity contribution is 5.97. The summed E-state index contributed by atoms with van der Waals surface area (Å²) in [5, 5.41) is 13.6. The number of nitro groups is 1. The van der Waals surface area contributed by atoms with Crippen LogP contribution in [0.5, 0.6) is 5.75 Å². The highest BCUT2D eigenvalue weighted by atomic mass is 16.6. The number of methoxy groups -OCH3 is 1. The molecule has 7 heteroatoms. The number of carbonyl (C=O) groups is 1. The van der Waals surface area contributed by atoms with Gasteiger partial charge in [-0.25, -0.2) is 0 Å². The topological polar surface area (TPSA) is 107 Å². The van der Waals surface area contributed by atoms with Crippen LogP contribution in [-0.4, -0.2) is 30.0 Å². The summed E-state index contributed by atoms with van der Waals surface area (Å²) in [6.07, 6.45) is 3.86. The van der Waals surface area contributed by atoms with Gasteiger partial charge < -0.3 is 15.8 Å². The lowest BCUT2D eigenvalue weighted by Gasteiger charge is -2.29. The Morgan fingerprint density at radius 3 is 2.76 bits per heavy atom. The maximum absolute atomic E-state index is 12.3. The third kappa shape index (κ3) is 3.49. The molecule has 1 aromatic carbocycles. The summed E-state index contributed by atoms with van der Waals surface area (Å²) in [4.78, 5) is 22.5. The minimum atomic E-state index is -0.527. The fraction of sp³-hybridized carbons (Fsp3) is 0.500. The Hall–Kier alpha value is -2.15. The molecule has 7 nitrogen and oxygen atoms in total. The van der Waals surface area contributed by atoms with Crippen molar-refractivity contribution < 1.29 is 14.5 Å². The first kappa shape index (κ1) is 15.2. The highest BCUT2D eigenvalue weighted by Crippen LogP contribution is 2.25. The molecule has 1 aliphatic carbocycles. The van der Waals surface area contributed by atoms with Gasteiger partial charge in [-0.2, -0.15) is 0 Å². The molecule has 0 aromatic heterocycles. The molecule has 1 aromatic rings. The van der Waals surface area contributed by atoms with E-state index >= 15 is 0 Å². The molecule has 2 atom stereocenters. The van der Waals surface area contributed by atoms with E-state index in [9.17, 15) is 14.9 Å². The first-order chi connectivity index (χ1) is 10.0. The molecule has 2 unspecified atom stereocenters. The number of hydrogen-bond donors (Lipinski definition) is 2.